The Bertz CT molecular complexity index is 2520. The largest absolute Gasteiger partial charge is 0.481 e. The fraction of sp³-hybridized carbons (Fsp3) is 0.446. The summed E-state index contributed by atoms with van der Waals surface area (Å²) in [5.74, 6) is -1.28. The van der Waals surface area contributed by atoms with E-state index in [1.54, 1.807) is 19.1 Å². The molecule has 0 fully saturated rings. The second-order valence-electron chi connectivity index (χ2n) is 20.6. The van der Waals surface area contributed by atoms with Crippen molar-refractivity contribution in [3.8, 4) is 23.0 Å². The van der Waals surface area contributed by atoms with Gasteiger partial charge in [0.15, 0.2) is 26.4 Å². The minimum Gasteiger partial charge on any atom is -0.481 e. The molecule has 376 valence electrons. The molecule has 1 aliphatic carbocycles. The van der Waals surface area contributed by atoms with Crippen LogP contribution in [0.5, 0.6) is 23.0 Å². The lowest BCUT2D eigenvalue weighted by atomic mass is 9.80. The van der Waals surface area contributed by atoms with E-state index in [2.05, 4.69) is 86.3 Å². The Hall–Kier alpha value is -6.83. The van der Waals surface area contributed by atoms with E-state index >= 15 is 0 Å². The van der Waals surface area contributed by atoms with Gasteiger partial charge in [-0.2, -0.15) is 0 Å². The van der Waals surface area contributed by atoms with Gasteiger partial charge >= 0.3 is 23.9 Å². The Kier molecular flexibility index (Phi) is 17.2. The smallest absolute Gasteiger partial charge is 0.343 e. The van der Waals surface area contributed by atoms with Crippen LogP contribution in [0.3, 0.4) is 0 Å². The molecule has 70 heavy (non-hydrogen) atoms. The third kappa shape index (κ3) is 13.7. The zero-order valence-corrected chi connectivity index (χ0v) is 43.3. The molecule has 4 aromatic rings. The van der Waals surface area contributed by atoms with Crippen LogP contribution in [0.2, 0.25) is 0 Å². The first-order valence-electron chi connectivity index (χ1n) is 23.2. The highest BCUT2D eigenvalue weighted by molar-refractivity contribution is 6.03. The average Bonchev–Trinajstić information content (AvgIpc) is 3.28. The number of hydrogen-bond acceptors (Lipinski definition) is 13. The summed E-state index contributed by atoms with van der Waals surface area (Å²) >= 11 is 0. The van der Waals surface area contributed by atoms with Crippen molar-refractivity contribution < 1.29 is 61.9 Å². The van der Waals surface area contributed by atoms with Gasteiger partial charge in [-0.3, -0.25) is 4.79 Å². The van der Waals surface area contributed by atoms with Gasteiger partial charge in [-0.25, -0.2) is 19.2 Å². The Morgan fingerprint density at radius 3 is 0.829 bits per heavy atom. The summed E-state index contributed by atoms with van der Waals surface area (Å²) in [5, 5.41) is 2.99. The van der Waals surface area contributed by atoms with Crippen molar-refractivity contribution in [3.05, 3.63) is 122 Å². The molecule has 0 aliphatic heterocycles. The van der Waals surface area contributed by atoms with E-state index in [1.807, 2.05) is 24.3 Å². The van der Waals surface area contributed by atoms with Crippen molar-refractivity contribution in [2.24, 2.45) is 0 Å². The molecule has 1 amide bonds. The molecule has 0 radical (unpaired) electrons. The lowest BCUT2D eigenvalue weighted by Crippen LogP contribution is -2.20. The normalized spacial score (nSPS) is 12.5. The first-order chi connectivity index (χ1) is 32.7. The van der Waals surface area contributed by atoms with Gasteiger partial charge in [0.2, 0.25) is 0 Å². The van der Waals surface area contributed by atoms with Crippen LogP contribution < -0.4 is 24.3 Å². The van der Waals surface area contributed by atoms with Crippen LogP contribution in [0.15, 0.2) is 60.7 Å². The maximum Gasteiger partial charge on any atom is 0.343 e. The van der Waals surface area contributed by atoms with E-state index in [0.29, 0.717) is 62.1 Å². The SMILES string of the molecule is C=C(C)C(=O)Nc1cc2c(OCC(=O)OC)c(c1)Cc1cc(C(C)(C)C)cc(c1OCC(=O)OC)Cc1cc(C(C)(C)C)cc(c1OCC(=O)OC)Cc1cc(C(C)(C)C)cc(c1OCC(=O)OC)C2. The van der Waals surface area contributed by atoms with Crippen LogP contribution in [-0.4, -0.2) is 84.7 Å². The van der Waals surface area contributed by atoms with Crippen LogP contribution in [0.4, 0.5) is 5.69 Å². The Labute approximate surface area is 412 Å². The van der Waals surface area contributed by atoms with Gasteiger partial charge in [0.05, 0.1) is 28.4 Å². The molecule has 4 aromatic carbocycles. The fourth-order valence-corrected chi connectivity index (χ4v) is 8.00. The third-order valence-electron chi connectivity index (χ3n) is 12.0. The number of rotatable bonds is 14. The van der Waals surface area contributed by atoms with E-state index in [9.17, 15) is 24.0 Å². The Morgan fingerprint density at radius 2 is 0.643 bits per heavy atom. The number of hydrogen-bond donors (Lipinski definition) is 1. The molecule has 0 aromatic heterocycles. The van der Waals surface area contributed by atoms with Gasteiger partial charge in [0.1, 0.15) is 23.0 Å². The number of nitrogens with one attached hydrogen (secondary N) is 1. The number of amides is 1. The third-order valence-corrected chi connectivity index (χ3v) is 12.0. The second-order valence-corrected chi connectivity index (χ2v) is 20.6. The summed E-state index contributed by atoms with van der Waals surface area (Å²) in [7, 11) is 5.14. The molecule has 5 rings (SSSR count). The minimum atomic E-state index is -0.627. The average molecular weight is 964 g/mol. The molecule has 0 atom stereocenters. The lowest BCUT2D eigenvalue weighted by molar-refractivity contribution is -0.143. The maximum absolute atomic E-state index is 13.4. The number of fused-ring (bicyclic) bond motifs is 8. The second kappa shape index (κ2) is 22.3. The maximum atomic E-state index is 13.4. The number of esters is 4. The van der Waals surface area contributed by atoms with Crippen molar-refractivity contribution >= 4 is 35.5 Å². The summed E-state index contributed by atoms with van der Waals surface area (Å²) in [6, 6.07) is 15.8. The number of benzene rings is 4. The predicted octanol–water partition coefficient (Wildman–Crippen LogP) is 8.98. The standard InChI is InChI=1S/C56H69NO13/c1-32(2)53(62)57-44-26-39-18-37-24-42(55(6,7)8)22-35(50(37)68-29-46(59)64-13)16-33-20-41(54(3,4)5)21-34(49(33)67-28-45(58)63-12)17-36-23-43(56(9,10)11)25-38(51(36)69-30-47(60)65-14)19-40(27-44)52(39)70-31-48(61)66-15/h20-27H,1,16-19,28-31H2,2-15H3,(H,57,62). The van der Waals surface area contributed by atoms with Crippen LogP contribution >= 0.6 is 0 Å². The van der Waals surface area contributed by atoms with Crippen LogP contribution in [0.25, 0.3) is 0 Å². The summed E-state index contributed by atoms with van der Waals surface area (Å²) in [4.78, 5) is 65.0. The van der Waals surface area contributed by atoms with Crippen LogP contribution in [0, 0.1) is 0 Å². The molecule has 14 heteroatoms. The van der Waals surface area contributed by atoms with Gasteiger partial charge in [-0.05, 0) is 85.4 Å². The topological polar surface area (TPSA) is 171 Å². The Balaban J connectivity index is 2.06. The van der Waals surface area contributed by atoms with E-state index < -0.39 is 67.0 Å². The predicted molar refractivity (Wildman–Crippen MR) is 267 cm³/mol. The van der Waals surface area contributed by atoms with Gasteiger partial charge in [-0.15, -0.1) is 0 Å². The zero-order valence-electron chi connectivity index (χ0n) is 43.3. The first kappa shape index (κ1) is 54.1. The van der Waals surface area contributed by atoms with Crippen LogP contribution in [-0.2, 0) is 84.8 Å². The highest BCUT2D eigenvalue weighted by Crippen LogP contribution is 2.44. The number of carbonyl (C=O) groups excluding carboxylic acids is 5. The van der Waals surface area contributed by atoms with Crippen molar-refractivity contribution in [1.82, 2.24) is 0 Å². The molecule has 14 nitrogen and oxygen atoms in total. The van der Waals surface area contributed by atoms with Crippen LogP contribution in [0.1, 0.15) is 130 Å². The molecule has 0 spiro atoms. The summed E-state index contributed by atoms with van der Waals surface area (Å²) in [6.45, 7) is 22.7. The molecule has 1 aliphatic rings. The number of methoxy groups -OCH3 is 4. The molecule has 0 unspecified atom stereocenters. The summed E-state index contributed by atoms with van der Waals surface area (Å²) in [5.41, 5.74) is 7.58. The lowest BCUT2D eigenvalue weighted by Gasteiger charge is -2.28. The minimum absolute atomic E-state index is 0.103. The molecular formula is C56H69NO13. The van der Waals surface area contributed by atoms with Crippen molar-refractivity contribution in [3.63, 3.8) is 0 Å². The first-order valence-corrected chi connectivity index (χ1v) is 23.2. The molecule has 0 heterocycles. The molecule has 0 saturated carbocycles. The van der Waals surface area contributed by atoms with E-state index in [0.717, 1.165) is 27.8 Å². The highest BCUT2D eigenvalue weighted by Gasteiger charge is 2.30. The fourth-order valence-electron chi connectivity index (χ4n) is 8.00. The summed E-state index contributed by atoms with van der Waals surface area (Å²) in [6.07, 6.45) is 0.605. The van der Waals surface area contributed by atoms with Gasteiger partial charge < -0.3 is 43.2 Å². The monoisotopic (exact) mass is 963 g/mol. The van der Waals surface area contributed by atoms with Crippen molar-refractivity contribution in [1.29, 1.82) is 0 Å². The number of ether oxygens (including phenoxy) is 8. The summed E-state index contributed by atoms with van der Waals surface area (Å²) < 4.78 is 46.3. The molecule has 8 bridgehead atoms. The molecule has 1 N–H and O–H groups in total. The van der Waals surface area contributed by atoms with Gasteiger partial charge in [0.25, 0.3) is 5.91 Å². The van der Waals surface area contributed by atoms with E-state index in [-0.39, 0.29) is 36.7 Å². The Morgan fingerprint density at radius 1 is 0.429 bits per heavy atom. The number of carbonyl (C=O) groups is 5. The van der Waals surface area contributed by atoms with E-state index in [1.165, 1.54) is 28.4 Å². The quantitative estimate of drug-likeness (QED) is 0.0636. The zero-order chi connectivity index (χ0) is 51.9. The van der Waals surface area contributed by atoms with Gasteiger partial charge in [-0.1, -0.05) is 105 Å². The van der Waals surface area contributed by atoms with E-state index in [4.69, 9.17) is 37.9 Å². The molecular weight excluding hydrogens is 895 g/mol. The highest BCUT2D eigenvalue weighted by atomic mass is 16.6. The van der Waals surface area contributed by atoms with Gasteiger partial charge in [0, 0.05) is 48.1 Å². The number of anilines is 1. The molecule has 0 saturated heterocycles. The van der Waals surface area contributed by atoms with Crippen molar-refractivity contribution in [2.45, 2.75) is 111 Å². The van der Waals surface area contributed by atoms with Crippen molar-refractivity contribution in [2.75, 3.05) is 60.2 Å².